The molecule has 0 aliphatic rings. The van der Waals surface area contributed by atoms with E-state index < -0.39 is 12.0 Å². The van der Waals surface area contributed by atoms with Crippen molar-refractivity contribution in [3.63, 3.8) is 0 Å². The minimum absolute atomic E-state index is 0.0410. The summed E-state index contributed by atoms with van der Waals surface area (Å²) in [5, 5.41) is 11.6. The predicted molar refractivity (Wildman–Crippen MR) is 77.2 cm³/mol. The van der Waals surface area contributed by atoms with Crippen LogP contribution >= 0.6 is 15.9 Å². The largest absolute Gasteiger partial charge is 0.478 e. The number of carbonyl (C=O) groups excluding carboxylic acids is 1. The minimum Gasteiger partial charge on any atom is -0.478 e. The van der Waals surface area contributed by atoms with E-state index in [2.05, 4.69) is 21.2 Å². The molecule has 0 aliphatic heterocycles. The summed E-state index contributed by atoms with van der Waals surface area (Å²) in [7, 11) is 0. The second-order valence-corrected chi connectivity index (χ2v) is 5.15. The van der Waals surface area contributed by atoms with Crippen molar-refractivity contribution in [3.8, 4) is 0 Å². The molecule has 6 heteroatoms. The summed E-state index contributed by atoms with van der Waals surface area (Å²) in [6, 6.07) is 3.96. The third-order valence-electron chi connectivity index (χ3n) is 2.68. The molecule has 1 aromatic rings. The number of halogens is 1. The Bertz CT molecular complexity index is 477. The van der Waals surface area contributed by atoms with Gasteiger partial charge in [-0.15, -0.1) is 0 Å². The van der Waals surface area contributed by atoms with Gasteiger partial charge in [-0.2, -0.15) is 0 Å². The number of hydrogen-bond donors (Lipinski definition) is 3. The fraction of sp³-hybridized carbons (Fsp3) is 0.385. The highest BCUT2D eigenvalue weighted by molar-refractivity contribution is 9.10. The zero-order valence-corrected chi connectivity index (χ0v) is 12.2. The fourth-order valence-corrected chi connectivity index (χ4v) is 1.95. The van der Waals surface area contributed by atoms with Crippen LogP contribution in [-0.2, 0) is 4.79 Å². The van der Waals surface area contributed by atoms with Crippen LogP contribution in [0.15, 0.2) is 22.7 Å². The van der Waals surface area contributed by atoms with E-state index in [4.69, 9.17) is 10.8 Å². The van der Waals surface area contributed by atoms with Crippen LogP contribution in [0.1, 0.15) is 36.5 Å². The van der Waals surface area contributed by atoms with Crippen LogP contribution in [0.2, 0.25) is 0 Å². The van der Waals surface area contributed by atoms with Crippen LogP contribution in [0.25, 0.3) is 0 Å². The Kier molecular flexibility index (Phi) is 5.98. The van der Waals surface area contributed by atoms with E-state index in [9.17, 15) is 9.59 Å². The Morgan fingerprint density at radius 3 is 2.74 bits per heavy atom. The molecule has 0 unspecified atom stereocenters. The first-order chi connectivity index (χ1) is 8.95. The molecule has 1 aromatic carbocycles. The molecular weight excluding hydrogens is 312 g/mol. The van der Waals surface area contributed by atoms with Crippen LogP contribution in [0, 0.1) is 0 Å². The number of nitrogens with one attached hydrogen (secondary N) is 1. The molecule has 0 bridgehead atoms. The van der Waals surface area contributed by atoms with Gasteiger partial charge < -0.3 is 16.2 Å². The number of nitrogens with two attached hydrogens (primary N) is 1. The Labute approximate surface area is 120 Å². The lowest BCUT2D eigenvalue weighted by Crippen LogP contribution is -2.35. The highest BCUT2D eigenvalue weighted by Gasteiger charge is 2.17. The average molecular weight is 329 g/mol. The lowest BCUT2D eigenvalue weighted by atomic mass is 10.1. The van der Waals surface area contributed by atoms with Crippen molar-refractivity contribution >= 4 is 33.5 Å². The van der Waals surface area contributed by atoms with E-state index in [1.54, 1.807) is 12.1 Å². The van der Waals surface area contributed by atoms with Gasteiger partial charge in [-0.1, -0.05) is 35.7 Å². The van der Waals surface area contributed by atoms with Gasteiger partial charge in [0.05, 0.1) is 17.3 Å². The molecule has 19 heavy (non-hydrogen) atoms. The maximum absolute atomic E-state index is 11.9. The molecule has 1 atom stereocenters. The summed E-state index contributed by atoms with van der Waals surface area (Å²) in [6.45, 7) is 2.02. The number of amides is 1. The van der Waals surface area contributed by atoms with E-state index >= 15 is 0 Å². The van der Waals surface area contributed by atoms with Gasteiger partial charge in [0, 0.05) is 4.47 Å². The summed E-state index contributed by atoms with van der Waals surface area (Å²) in [5.41, 5.74) is 6.03. The third-order valence-corrected chi connectivity index (χ3v) is 3.17. The zero-order valence-electron chi connectivity index (χ0n) is 10.6. The van der Waals surface area contributed by atoms with Gasteiger partial charge in [0.25, 0.3) is 0 Å². The van der Waals surface area contributed by atoms with Crippen molar-refractivity contribution in [1.29, 1.82) is 0 Å². The van der Waals surface area contributed by atoms with Crippen LogP contribution in [-0.4, -0.2) is 23.0 Å². The van der Waals surface area contributed by atoms with Crippen molar-refractivity contribution in [2.24, 2.45) is 5.73 Å². The van der Waals surface area contributed by atoms with Crippen LogP contribution in [0.4, 0.5) is 5.69 Å². The van der Waals surface area contributed by atoms with Crippen molar-refractivity contribution in [1.82, 2.24) is 0 Å². The molecule has 104 valence electrons. The number of carbonyl (C=O) groups is 2. The standard InChI is InChI=1S/C13H17BrN2O3/c1-2-3-4-10(15)12(17)16-11-7-8(14)5-6-9(11)13(18)19/h5-7,10H,2-4,15H2,1H3,(H,16,17)(H,18,19)/t10-/m0/s1. The molecule has 4 N–H and O–H groups in total. The van der Waals surface area contributed by atoms with E-state index in [0.717, 1.165) is 12.8 Å². The lowest BCUT2D eigenvalue weighted by Gasteiger charge is -2.13. The Morgan fingerprint density at radius 1 is 1.47 bits per heavy atom. The van der Waals surface area contributed by atoms with Crippen molar-refractivity contribution in [2.45, 2.75) is 32.2 Å². The van der Waals surface area contributed by atoms with Crippen LogP contribution in [0.3, 0.4) is 0 Å². The molecule has 0 heterocycles. The van der Waals surface area contributed by atoms with E-state index in [1.165, 1.54) is 6.07 Å². The second kappa shape index (κ2) is 7.25. The Hall–Kier alpha value is -1.40. The highest BCUT2D eigenvalue weighted by Crippen LogP contribution is 2.22. The SMILES string of the molecule is CCCC[C@H](N)C(=O)Nc1cc(Br)ccc1C(=O)O. The molecule has 0 fully saturated rings. The first-order valence-electron chi connectivity index (χ1n) is 6.05. The van der Waals surface area contributed by atoms with Crippen LogP contribution in [0.5, 0.6) is 0 Å². The summed E-state index contributed by atoms with van der Waals surface area (Å²) in [4.78, 5) is 22.9. The van der Waals surface area contributed by atoms with Gasteiger partial charge >= 0.3 is 5.97 Å². The third kappa shape index (κ3) is 4.65. The number of carboxylic acids is 1. The Morgan fingerprint density at radius 2 is 2.16 bits per heavy atom. The quantitative estimate of drug-likeness (QED) is 0.748. The van der Waals surface area contributed by atoms with Crippen molar-refractivity contribution < 1.29 is 14.7 Å². The fourth-order valence-electron chi connectivity index (χ4n) is 1.59. The number of rotatable bonds is 6. The lowest BCUT2D eigenvalue weighted by molar-refractivity contribution is -0.117. The van der Waals surface area contributed by atoms with E-state index in [1.807, 2.05) is 6.92 Å². The molecule has 0 aliphatic carbocycles. The molecule has 0 spiro atoms. The number of carboxylic acid groups (broad SMARTS) is 1. The molecule has 0 saturated carbocycles. The van der Waals surface area contributed by atoms with Crippen LogP contribution < -0.4 is 11.1 Å². The molecule has 1 rings (SSSR count). The highest BCUT2D eigenvalue weighted by atomic mass is 79.9. The number of anilines is 1. The van der Waals surface area contributed by atoms with Gasteiger partial charge in [-0.3, -0.25) is 4.79 Å². The maximum atomic E-state index is 11.9. The zero-order chi connectivity index (χ0) is 14.4. The normalized spacial score (nSPS) is 11.9. The predicted octanol–water partition coefficient (Wildman–Crippen LogP) is 2.60. The molecule has 0 saturated heterocycles. The van der Waals surface area contributed by atoms with Gasteiger partial charge in [-0.25, -0.2) is 4.79 Å². The van der Waals surface area contributed by atoms with Crippen molar-refractivity contribution in [3.05, 3.63) is 28.2 Å². The Balaban J connectivity index is 2.83. The first kappa shape index (κ1) is 15.7. The first-order valence-corrected chi connectivity index (χ1v) is 6.84. The van der Waals surface area contributed by atoms with Crippen molar-refractivity contribution in [2.75, 3.05) is 5.32 Å². The summed E-state index contributed by atoms with van der Waals surface area (Å²) < 4.78 is 0.690. The van der Waals surface area contributed by atoms with E-state index in [-0.39, 0.29) is 17.2 Å². The number of aromatic carboxylic acids is 1. The monoisotopic (exact) mass is 328 g/mol. The van der Waals surface area contributed by atoms with E-state index in [0.29, 0.717) is 10.9 Å². The average Bonchev–Trinajstić information content (AvgIpc) is 2.35. The molecular formula is C13H17BrN2O3. The van der Waals surface area contributed by atoms with Gasteiger partial charge in [0.2, 0.25) is 5.91 Å². The van der Waals surface area contributed by atoms with Gasteiger partial charge in [0.1, 0.15) is 0 Å². The number of benzene rings is 1. The molecule has 5 nitrogen and oxygen atoms in total. The molecule has 1 amide bonds. The number of hydrogen-bond acceptors (Lipinski definition) is 3. The summed E-state index contributed by atoms with van der Waals surface area (Å²) >= 11 is 3.24. The maximum Gasteiger partial charge on any atom is 0.337 e. The summed E-state index contributed by atoms with van der Waals surface area (Å²) in [5.74, 6) is -1.46. The topological polar surface area (TPSA) is 92.4 Å². The molecule has 0 aromatic heterocycles. The second-order valence-electron chi connectivity index (χ2n) is 4.23. The summed E-state index contributed by atoms with van der Waals surface area (Å²) in [6.07, 6.45) is 2.40. The van der Waals surface area contributed by atoms with Gasteiger partial charge in [-0.05, 0) is 24.6 Å². The van der Waals surface area contributed by atoms with Gasteiger partial charge in [0.15, 0.2) is 0 Å². The smallest absolute Gasteiger partial charge is 0.337 e. The molecule has 0 radical (unpaired) electrons. The number of unbranched alkanes of at least 4 members (excludes halogenated alkanes) is 1. The minimum atomic E-state index is -1.09.